The van der Waals surface area contributed by atoms with E-state index in [2.05, 4.69) is 0 Å². The van der Waals surface area contributed by atoms with Crippen molar-refractivity contribution in [1.29, 1.82) is 0 Å². The van der Waals surface area contributed by atoms with Gasteiger partial charge in [-0.05, 0) is 52.3 Å². The van der Waals surface area contributed by atoms with Crippen molar-refractivity contribution in [2.45, 2.75) is 51.6 Å². The summed E-state index contributed by atoms with van der Waals surface area (Å²) in [6, 6.07) is 4.99. The number of rotatable bonds is 5. The first kappa shape index (κ1) is 16.0. The average Bonchev–Trinajstić information content (AvgIpc) is 2.27. The van der Waals surface area contributed by atoms with E-state index in [1.807, 2.05) is 40.7 Å². The minimum absolute atomic E-state index is 0.102. The van der Waals surface area contributed by atoms with E-state index >= 15 is 0 Å². The maximum atomic E-state index is 12.8. The van der Waals surface area contributed by atoms with Crippen LogP contribution < -0.4 is 4.74 Å². The van der Waals surface area contributed by atoms with Crippen LogP contribution in [0.5, 0.6) is 5.75 Å². The summed E-state index contributed by atoms with van der Waals surface area (Å²) < 4.78 is 32.3. The Morgan fingerprint density at radius 2 is 1.63 bits per heavy atom. The van der Waals surface area contributed by atoms with Crippen molar-refractivity contribution >= 4 is 10.0 Å². The van der Waals surface area contributed by atoms with E-state index in [4.69, 9.17) is 4.74 Å². The SMILES string of the molecule is COc1ccc(C)cc1S(=O)(=O)N(C(C)C)C(C)C. The Morgan fingerprint density at radius 3 is 2.05 bits per heavy atom. The summed E-state index contributed by atoms with van der Waals surface area (Å²) >= 11 is 0. The molecule has 108 valence electrons. The molecule has 0 aliphatic heterocycles. The summed E-state index contributed by atoms with van der Waals surface area (Å²) in [6.07, 6.45) is 0. The number of hydrogen-bond donors (Lipinski definition) is 0. The summed E-state index contributed by atoms with van der Waals surface area (Å²) in [7, 11) is -2.07. The van der Waals surface area contributed by atoms with Crippen LogP contribution in [-0.4, -0.2) is 31.9 Å². The second-order valence-electron chi connectivity index (χ2n) is 5.18. The van der Waals surface area contributed by atoms with Gasteiger partial charge >= 0.3 is 0 Å². The predicted octanol–water partition coefficient (Wildman–Crippen LogP) is 2.81. The van der Waals surface area contributed by atoms with Gasteiger partial charge in [0.05, 0.1) is 7.11 Å². The van der Waals surface area contributed by atoms with E-state index in [0.29, 0.717) is 5.75 Å². The third-order valence-corrected chi connectivity index (χ3v) is 5.17. The largest absolute Gasteiger partial charge is 0.495 e. The summed E-state index contributed by atoms with van der Waals surface area (Å²) in [5, 5.41) is 0. The molecule has 0 radical (unpaired) electrons. The lowest BCUT2D eigenvalue weighted by Gasteiger charge is -2.30. The molecule has 0 aliphatic rings. The quantitative estimate of drug-likeness (QED) is 0.835. The lowest BCUT2D eigenvalue weighted by atomic mass is 10.2. The molecule has 0 bridgehead atoms. The molecule has 1 aromatic rings. The minimum Gasteiger partial charge on any atom is -0.495 e. The van der Waals surface area contributed by atoms with Gasteiger partial charge in [-0.2, -0.15) is 4.31 Å². The fourth-order valence-electron chi connectivity index (χ4n) is 2.25. The van der Waals surface area contributed by atoms with Crippen molar-refractivity contribution in [2.75, 3.05) is 7.11 Å². The van der Waals surface area contributed by atoms with Gasteiger partial charge in [-0.15, -0.1) is 0 Å². The van der Waals surface area contributed by atoms with E-state index in [0.717, 1.165) is 5.56 Å². The number of sulfonamides is 1. The Bertz CT molecular complexity index is 528. The normalized spacial score (nSPS) is 12.5. The van der Waals surface area contributed by atoms with Crippen LogP contribution in [0, 0.1) is 6.92 Å². The molecule has 0 aromatic heterocycles. The maximum absolute atomic E-state index is 12.8. The third-order valence-electron chi connectivity index (χ3n) is 2.89. The zero-order valence-electron chi connectivity index (χ0n) is 12.5. The van der Waals surface area contributed by atoms with Crippen molar-refractivity contribution in [3.63, 3.8) is 0 Å². The van der Waals surface area contributed by atoms with Gasteiger partial charge < -0.3 is 4.74 Å². The molecule has 1 aromatic carbocycles. The smallest absolute Gasteiger partial charge is 0.247 e. The Kier molecular flexibility index (Phi) is 4.98. The molecular formula is C14H23NO3S. The second kappa shape index (κ2) is 5.92. The first-order valence-corrected chi connectivity index (χ1v) is 7.84. The number of benzene rings is 1. The Balaban J connectivity index is 3.45. The van der Waals surface area contributed by atoms with E-state index in [9.17, 15) is 8.42 Å². The molecule has 1 rings (SSSR count). The summed E-state index contributed by atoms with van der Waals surface area (Å²) in [5.41, 5.74) is 0.895. The highest BCUT2D eigenvalue weighted by Crippen LogP contribution is 2.29. The van der Waals surface area contributed by atoms with Crippen molar-refractivity contribution < 1.29 is 13.2 Å². The topological polar surface area (TPSA) is 46.6 Å². The summed E-state index contributed by atoms with van der Waals surface area (Å²) in [4.78, 5) is 0.234. The number of methoxy groups -OCH3 is 1. The molecule has 0 atom stereocenters. The van der Waals surface area contributed by atoms with Gasteiger partial charge in [-0.1, -0.05) is 6.07 Å². The average molecular weight is 285 g/mol. The number of nitrogens with zero attached hydrogens (tertiary/aromatic N) is 1. The van der Waals surface area contributed by atoms with Crippen LogP contribution in [-0.2, 0) is 10.0 Å². The van der Waals surface area contributed by atoms with E-state index in [1.54, 1.807) is 12.1 Å². The van der Waals surface area contributed by atoms with E-state index < -0.39 is 10.0 Å². The fraction of sp³-hybridized carbons (Fsp3) is 0.571. The van der Waals surface area contributed by atoms with Gasteiger partial charge in [0, 0.05) is 12.1 Å². The van der Waals surface area contributed by atoms with Crippen LogP contribution in [0.25, 0.3) is 0 Å². The van der Waals surface area contributed by atoms with Gasteiger partial charge in [-0.3, -0.25) is 0 Å². The molecule has 0 amide bonds. The zero-order valence-corrected chi connectivity index (χ0v) is 13.3. The highest BCUT2D eigenvalue weighted by Gasteiger charge is 2.31. The molecule has 0 aliphatic carbocycles. The van der Waals surface area contributed by atoms with Crippen molar-refractivity contribution in [3.8, 4) is 5.75 Å². The van der Waals surface area contributed by atoms with Crippen LogP contribution in [0.1, 0.15) is 33.3 Å². The number of hydrogen-bond acceptors (Lipinski definition) is 3. The van der Waals surface area contributed by atoms with Crippen molar-refractivity contribution in [1.82, 2.24) is 4.31 Å². The molecule has 0 fully saturated rings. The molecule has 0 heterocycles. The third kappa shape index (κ3) is 3.28. The second-order valence-corrected chi connectivity index (χ2v) is 6.99. The van der Waals surface area contributed by atoms with Crippen molar-refractivity contribution in [3.05, 3.63) is 23.8 Å². The minimum atomic E-state index is -3.56. The Hall–Kier alpha value is -1.07. The first-order chi connectivity index (χ1) is 8.71. The molecule has 0 unspecified atom stereocenters. The molecule has 5 heteroatoms. The van der Waals surface area contributed by atoms with Gasteiger partial charge in [0.2, 0.25) is 10.0 Å². The monoisotopic (exact) mass is 285 g/mol. The van der Waals surface area contributed by atoms with Crippen LogP contribution in [0.15, 0.2) is 23.1 Å². The molecule has 0 saturated carbocycles. The highest BCUT2D eigenvalue weighted by atomic mass is 32.2. The molecule has 19 heavy (non-hydrogen) atoms. The van der Waals surface area contributed by atoms with Crippen LogP contribution in [0.3, 0.4) is 0 Å². The molecule has 0 saturated heterocycles. The number of aryl methyl sites for hydroxylation is 1. The highest BCUT2D eigenvalue weighted by molar-refractivity contribution is 7.89. The van der Waals surface area contributed by atoms with E-state index in [-0.39, 0.29) is 17.0 Å². The van der Waals surface area contributed by atoms with Gasteiger partial charge in [0.1, 0.15) is 10.6 Å². The lowest BCUT2D eigenvalue weighted by Crippen LogP contribution is -2.42. The summed E-state index contributed by atoms with van der Waals surface area (Å²) in [5.74, 6) is 0.386. The molecule has 4 nitrogen and oxygen atoms in total. The standard InChI is InChI=1S/C14H23NO3S/c1-10(2)15(11(3)4)19(16,17)14-9-12(5)7-8-13(14)18-6/h7-11H,1-6H3. The summed E-state index contributed by atoms with van der Waals surface area (Å²) in [6.45, 7) is 9.37. The predicted molar refractivity (Wildman–Crippen MR) is 77.0 cm³/mol. The zero-order chi connectivity index (χ0) is 14.8. The maximum Gasteiger partial charge on any atom is 0.247 e. The van der Waals surface area contributed by atoms with Crippen molar-refractivity contribution in [2.24, 2.45) is 0 Å². The van der Waals surface area contributed by atoms with Gasteiger partial charge in [-0.25, -0.2) is 8.42 Å². The van der Waals surface area contributed by atoms with Gasteiger partial charge in [0.15, 0.2) is 0 Å². The first-order valence-electron chi connectivity index (χ1n) is 6.40. The van der Waals surface area contributed by atoms with Crippen LogP contribution >= 0.6 is 0 Å². The Labute approximate surface area is 116 Å². The molecule has 0 N–H and O–H groups in total. The lowest BCUT2D eigenvalue weighted by molar-refractivity contribution is 0.300. The molecular weight excluding hydrogens is 262 g/mol. The van der Waals surface area contributed by atoms with E-state index in [1.165, 1.54) is 11.4 Å². The van der Waals surface area contributed by atoms with Gasteiger partial charge in [0.25, 0.3) is 0 Å². The number of ether oxygens (including phenoxy) is 1. The fourth-order valence-corrected chi connectivity index (χ4v) is 4.33. The van der Waals surface area contributed by atoms with Crippen LogP contribution in [0.2, 0.25) is 0 Å². The van der Waals surface area contributed by atoms with Crippen LogP contribution in [0.4, 0.5) is 0 Å². The Morgan fingerprint density at radius 1 is 1.11 bits per heavy atom. The molecule has 0 spiro atoms.